The maximum Gasteiger partial charge on any atom is 0.223 e. The van der Waals surface area contributed by atoms with Gasteiger partial charge in [0, 0.05) is 24.0 Å². The Morgan fingerprint density at radius 2 is 1.83 bits per heavy atom. The molecule has 162 valence electrons. The second kappa shape index (κ2) is 9.50. The standard InChI is InChI=1S/C23H29ClN2O3S/c1-16-7-8-21(13-17(16)2)18(3)25-23(27)20-9-11-26(12-10-20)30(28,29)15-19-5-4-6-22(24)14-19/h4-8,13-14,18,20H,9-12,15H2,1-3H3,(H,25,27). The number of amides is 1. The van der Waals surface area contributed by atoms with E-state index in [1.165, 1.54) is 15.4 Å². The Hall–Kier alpha value is -1.89. The normalized spacial score (nSPS) is 16.9. The first-order valence-corrected chi connectivity index (χ1v) is 12.2. The summed E-state index contributed by atoms with van der Waals surface area (Å²) in [6, 6.07) is 13.0. The van der Waals surface area contributed by atoms with Crippen LogP contribution in [0.2, 0.25) is 5.02 Å². The third-order valence-electron chi connectivity index (χ3n) is 5.85. The van der Waals surface area contributed by atoms with Gasteiger partial charge in [-0.3, -0.25) is 4.79 Å². The number of rotatable bonds is 6. The van der Waals surface area contributed by atoms with E-state index in [0.717, 1.165) is 5.56 Å². The monoisotopic (exact) mass is 448 g/mol. The molecular formula is C23H29ClN2O3S. The molecule has 1 unspecified atom stereocenters. The van der Waals surface area contributed by atoms with E-state index in [0.29, 0.717) is 36.5 Å². The van der Waals surface area contributed by atoms with Crippen LogP contribution in [-0.2, 0) is 20.6 Å². The van der Waals surface area contributed by atoms with Crippen molar-refractivity contribution in [1.29, 1.82) is 0 Å². The van der Waals surface area contributed by atoms with Crippen LogP contribution in [0.5, 0.6) is 0 Å². The second-order valence-electron chi connectivity index (χ2n) is 8.13. The summed E-state index contributed by atoms with van der Waals surface area (Å²) in [7, 11) is -3.43. The minimum absolute atomic E-state index is 0.00684. The quantitative estimate of drug-likeness (QED) is 0.713. The summed E-state index contributed by atoms with van der Waals surface area (Å²) < 4.78 is 27.0. The number of hydrogen-bond donors (Lipinski definition) is 1. The Labute approximate surface area is 184 Å². The molecule has 1 heterocycles. The Balaban J connectivity index is 1.55. The minimum atomic E-state index is -3.43. The van der Waals surface area contributed by atoms with E-state index in [4.69, 9.17) is 11.6 Å². The van der Waals surface area contributed by atoms with E-state index < -0.39 is 10.0 Å². The highest BCUT2D eigenvalue weighted by Crippen LogP contribution is 2.24. The van der Waals surface area contributed by atoms with Gasteiger partial charge >= 0.3 is 0 Å². The molecule has 1 aliphatic heterocycles. The van der Waals surface area contributed by atoms with Crippen molar-refractivity contribution in [3.8, 4) is 0 Å². The molecule has 0 radical (unpaired) electrons. The first-order chi connectivity index (χ1) is 14.2. The van der Waals surface area contributed by atoms with Crippen LogP contribution in [0.4, 0.5) is 0 Å². The van der Waals surface area contributed by atoms with Crippen molar-refractivity contribution in [1.82, 2.24) is 9.62 Å². The summed E-state index contributed by atoms with van der Waals surface area (Å²) in [5.74, 6) is -0.252. The van der Waals surface area contributed by atoms with Crippen molar-refractivity contribution < 1.29 is 13.2 Å². The van der Waals surface area contributed by atoms with E-state index in [1.807, 2.05) is 13.0 Å². The lowest BCUT2D eigenvalue weighted by Gasteiger charge is -2.31. The number of nitrogens with zero attached hydrogens (tertiary/aromatic N) is 1. The topological polar surface area (TPSA) is 66.5 Å². The summed E-state index contributed by atoms with van der Waals surface area (Å²) >= 11 is 5.96. The molecule has 7 heteroatoms. The Kier molecular flexibility index (Phi) is 7.22. The van der Waals surface area contributed by atoms with Crippen molar-refractivity contribution in [2.75, 3.05) is 13.1 Å². The fourth-order valence-corrected chi connectivity index (χ4v) is 5.54. The highest BCUT2D eigenvalue weighted by atomic mass is 35.5. The van der Waals surface area contributed by atoms with Gasteiger partial charge < -0.3 is 5.32 Å². The van der Waals surface area contributed by atoms with Crippen LogP contribution >= 0.6 is 11.6 Å². The Morgan fingerprint density at radius 3 is 2.47 bits per heavy atom. The molecular weight excluding hydrogens is 420 g/mol. The van der Waals surface area contributed by atoms with Crippen LogP contribution in [0.3, 0.4) is 0 Å². The Bertz CT molecular complexity index is 1010. The third-order valence-corrected chi connectivity index (χ3v) is 7.93. The third kappa shape index (κ3) is 5.62. The number of carbonyl (C=O) groups excluding carboxylic acids is 1. The smallest absolute Gasteiger partial charge is 0.223 e. The van der Waals surface area contributed by atoms with Crippen LogP contribution in [0.25, 0.3) is 0 Å². The van der Waals surface area contributed by atoms with Crippen LogP contribution in [0.1, 0.15) is 48.1 Å². The molecule has 2 aromatic rings. The molecule has 1 saturated heterocycles. The largest absolute Gasteiger partial charge is 0.349 e. The van der Waals surface area contributed by atoms with Gasteiger partial charge in [-0.2, -0.15) is 0 Å². The van der Waals surface area contributed by atoms with Gasteiger partial charge in [-0.1, -0.05) is 41.9 Å². The number of aryl methyl sites for hydroxylation is 2. The first kappa shape index (κ1) is 22.8. The zero-order valence-electron chi connectivity index (χ0n) is 17.7. The molecule has 5 nitrogen and oxygen atoms in total. The molecule has 0 spiro atoms. The molecule has 3 rings (SSSR count). The number of hydrogen-bond acceptors (Lipinski definition) is 3. The summed E-state index contributed by atoms with van der Waals surface area (Å²) in [4.78, 5) is 12.7. The van der Waals surface area contributed by atoms with Crippen molar-refractivity contribution in [2.24, 2.45) is 5.92 Å². The van der Waals surface area contributed by atoms with Crippen LogP contribution in [-0.4, -0.2) is 31.7 Å². The van der Waals surface area contributed by atoms with Gasteiger partial charge in [0.05, 0.1) is 11.8 Å². The van der Waals surface area contributed by atoms with Crippen LogP contribution in [0.15, 0.2) is 42.5 Å². The number of halogens is 1. The molecule has 0 aliphatic carbocycles. The number of nitrogens with one attached hydrogen (secondary N) is 1. The van der Waals surface area contributed by atoms with E-state index in [-0.39, 0.29) is 23.6 Å². The molecule has 30 heavy (non-hydrogen) atoms. The summed E-state index contributed by atoms with van der Waals surface area (Å²) in [5.41, 5.74) is 4.17. The average molecular weight is 449 g/mol. The fourth-order valence-electron chi connectivity index (χ4n) is 3.77. The molecule has 0 aromatic heterocycles. The van der Waals surface area contributed by atoms with Gasteiger partial charge in [-0.15, -0.1) is 0 Å². The van der Waals surface area contributed by atoms with Crippen LogP contribution < -0.4 is 5.32 Å². The maximum atomic E-state index is 12.7. The van der Waals surface area contributed by atoms with Gasteiger partial charge in [0.15, 0.2) is 0 Å². The van der Waals surface area contributed by atoms with Gasteiger partial charge in [0.2, 0.25) is 15.9 Å². The lowest BCUT2D eigenvalue weighted by atomic mass is 9.96. The fraction of sp³-hybridized carbons (Fsp3) is 0.435. The van der Waals surface area contributed by atoms with Gasteiger partial charge in [0.25, 0.3) is 0 Å². The van der Waals surface area contributed by atoms with E-state index in [9.17, 15) is 13.2 Å². The summed E-state index contributed by atoms with van der Waals surface area (Å²) in [6.45, 7) is 6.83. The lowest BCUT2D eigenvalue weighted by molar-refractivity contribution is -0.126. The molecule has 1 N–H and O–H groups in total. The number of benzene rings is 2. The minimum Gasteiger partial charge on any atom is -0.349 e. The van der Waals surface area contributed by atoms with Crippen molar-refractivity contribution >= 4 is 27.5 Å². The molecule has 1 fully saturated rings. The molecule has 1 aliphatic rings. The average Bonchev–Trinajstić information content (AvgIpc) is 2.69. The molecule has 2 aromatic carbocycles. The molecule has 0 saturated carbocycles. The summed E-state index contributed by atoms with van der Waals surface area (Å²) in [6.07, 6.45) is 1.06. The molecule has 0 bridgehead atoms. The zero-order chi connectivity index (χ0) is 21.9. The second-order valence-corrected chi connectivity index (χ2v) is 10.5. The predicted octanol–water partition coefficient (Wildman–Crippen LogP) is 4.38. The van der Waals surface area contributed by atoms with E-state index in [2.05, 4.69) is 31.3 Å². The summed E-state index contributed by atoms with van der Waals surface area (Å²) in [5, 5.41) is 3.61. The highest BCUT2D eigenvalue weighted by molar-refractivity contribution is 7.88. The Morgan fingerprint density at radius 1 is 1.13 bits per heavy atom. The van der Waals surface area contributed by atoms with Crippen molar-refractivity contribution in [2.45, 2.75) is 45.4 Å². The predicted molar refractivity (Wildman–Crippen MR) is 121 cm³/mol. The van der Waals surface area contributed by atoms with E-state index >= 15 is 0 Å². The van der Waals surface area contributed by atoms with Gasteiger partial charge in [0.1, 0.15) is 0 Å². The highest BCUT2D eigenvalue weighted by Gasteiger charge is 2.31. The maximum absolute atomic E-state index is 12.7. The number of carbonyl (C=O) groups is 1. The van der Waals surface area contributed by atoms with Gasteiger partial charge in [-0.25, -0.2) is 12.7 Å². The number of piperidine rings is 1. The van der Waals surface area contributed by atoms with Crippen molar-refractivity contribution in [3.63, 3.8) is 0 Å². The number of sulfonamides is 1. The molecule has 1 amide bonds. The van der Waals surface area contributed by atoms with Gasteiger partial charge in [-0.05, 0) is 68.0 Å². The SMILES string of the molecule is Cc1ccc(C(C)NC(=O)C2CCN(S(=O)(=O)Cc3cccc(Cl)c3)CC2)cc1C. The van der Waals surface area contributed by atoms with Crippen LogP contribution in [0, 0.1) is 19.8 Å². The lowest BCUT2D eigenvalue weighted by Crippen LogP contribution is -2.43. The molecule has 1 atom stereocenters. The zero-order valence-corrected chi connectivity index (χ0v) is 19.3. The first-order valence-electron chi connectivity index (χ1n) is 10.3. The van der Waals surface area contributed by atoms with Crippen molar-refractivity contribution in [3.05, 3.63) is 69.7 Å². The van der Waals surface area contributed by atoms with E-state index in [1.54, 1.807) is 24.3 Å².